The summed E-state index contributed by atoms with van der Waals surface area (Å²) in [6, 6.07) is 8.96. The van der Waals surface area contributed by atoms with Crippen molar-refractivity contribution in [3.63, 3.8) is 0 Å². The molecule has 2 aliphatic heterocycles. The average molecular weight is 446 g/mol. The van der Waals surface area contributed by atoms with Crippen molar-refractivity contribution in [3.05, 3.63) is 58.5 Å². The lowest BCUT2D eigenvalue weighted by Crippen LogP contribution is -2.60. The summed E-state index contributed by atoms with van der Waals surface area (Å²) in [7, 11) is 0. The summed E-state index contributed by atoms with van der Waals surface area (Å²) in [4.78, 5) is 27.0. The van der Waals surface area contributed by atoms with E-state index >= 15 is 0 Å². The van der Waals surface area contributed by atoms with E-state index in [0.717, 1.165) is 61.0 Å². The quantitative estimate of drug-likeness (QED) is 0.480. The Balaban J connectivity index is 1.31. The second kappa shape index (κ2) is 7.67. The Kier molecular flexibility index (Phi) is 4.74. The van der Waals surface area contributed by atoms with E-state index in [1.165, 1.54) is 0 Å². The molecule has 2 aliphatic rings. The number of nitrogens with zero attached hydrogens (tertiary/aromatic N) is 5. The van der Waals surface area contributed by atoms with Crippen LogP contribution in [0.15, 0.2) is 45.9 Å². The van der Waals surface area contributed by atoms with Crippen LogP contribution in [-0.4, -0.2) is 64.2 Å². The Morgan fingerprint density at radius 1 is 1.06 bits per heavy atom. The largest absolute Gasteiger partial charge is 0.421 e. The predicted octanol–water partition coefficient (Wildman–Crippen LogP) is 3.03. The van der Waals surface area contributed by atoms with Gasteiger partial charge in [-0.2, -0.15) is 0 Å². The molecule has 1 unspecified atom stereocenters. The van der Waals surface area contributed by atoms with Crippen molar-refractivity contribution in [1.82, 2.24) is 19.3 Å². The summed E-state index contributed by atoms with van der Waals surface area (Å²) in [5.74, 6) is 0.464. The van der Waals surface area contributed by atoms with Crippen molar-refractivity contribution in [2.24, 2.45) is 0 Å². The third-order valence-electron chi connectivity index (χ3n) is 6.86. The number of piperazine rings is 1. The summed E-state index contributed by atoms with van der Waals surface area (Å²) < 4.78 is 13.0. The van der Waals surface area contributed by atoms with Gasteiger partial charge in [0.2, 0.25) is 0 Å². The molecule has 6 rings (SSSR count). The zero-order valence-electron chi connectivity index (χ0n) is 19.1. The second-order valence-electron chi connectivity index (χ2n) is 9.22. The SMILES string of the molecule is Cc1cn2cc(-c3cc4ccc(N5CCN(C6COC6)C(C)C5)cc4c(=O)o3)nc2c(C)n1. The van der Waals surface area contributed by atoms with E-state index in [2.05, 4.69) is 32.8 Å². The molecule has 1 aromatic carbocycles. The lowest BCUT2D eigenvalue weighted by Gasteiger charge is -2.47. The third kappa shape index (κ3) is 3.50. The molecule has 8 heteroatoms. The molecule has 0 radical (unpaired) electrons. The lowest BCUT2D eigenvalue weighted by molar-refractivity contribution is -0.0792. The van der Waals surface area contributed by atoms with E-state index in [-0.39, 0.29) is 5.63 Å². The minimum Gasteiger partial charge on any atom is -0.421 e. The smallest absolute Gasteiger partial charge is 0.344 e. The minimum atomic E-state index is -0.342. The van der Waals surface area contributed by atoms with Gasteiger partial charge in [0, 0.05) is 43.8 Å². The molecule has 2 fully saturated rings. The van der Waals surface area contributed by atoms with Gasteiger partial charge < -0.3 is 18.5 Å². The van der Waals surface area contributed by atoms with Gasteiger partial charge in [-0.1, -0.05) is 6.07 Å². The van der Waals surface area contributed by atoms with Crippen LogP contribution in [0.5, 0.6) is 0 Å². The number of rotatable bonds is 3. The Morgan fingerprint density at radius 2 is 1.91 bits per heavy atom. The zero-order valence-corrected chi connectivity index (χ0v) is 19.1. The van der Waals surface area contributed by atoms with Gasteiger partial charge in [0.05, 0.1) is 36.0 Å². The summed E-state index contributed by atoms with van der Waals surface area (Å²) in [6.07, 6.45) is 3.80. The highest BCUT2D eigenvalue weighted by molar-refractivity contribution is 5.87. The number of aromatic nitrogens is 3. The zero-order chi connectivity index (χ0) is 22.7. The Labute approximate surface area is 191 Å². The van der Waals surface area contributed by atoms with Crippen LogP contribution in [0.2, 0.25) is 0 Å². The monoisotopic (exact) mass is 445 g/mol. The molecule has 33 heavy (non-hydrogen) atoms. The third-order valence-corrected chi connectivity index (χ3v) is 6.86. The molecule has 2 saturated heterocycles. The highest BCUT2D eigenvalue weighted by atomic mass is 16.5. The van der Waals surface area contributed by atoms with Gasteiger partial charge in [-0.05, 0) is 44.4 Å². The number of hydrogen-bond donors (Lipinski definition) is 0. The van der Waals surface area contributed by atoms with Crippen molar-refractivity contribution >= 4 is 22.1 Å². The second-order valence-corrected chi connectivity index (χ2v) is 9.22. The van der Waals surface area contributed by atoms with E-state index in [0.29, 0.717) is 28.9 Å². The summed E-state index contributed by atoms with van der Waals surface area (Å²) in [5, 5.41) is 1.45. The first kappa shape index (κ1) is 20.4. The molecular weight excluding hydrogens is 418 g/mol. The summed E-state index contributed by atoms with van der Waals surface area (Å²) in [5.41, 5.74) is 3.85. The predicted molar refractivity (Wildman–Crippen MR) is 127 cm³/mol. The van der Waals surface area contributed by atoms with Gasteiger partial charge >= 0.3 is 5.63 Å². The molecule has 0 bridgehead atoms. The Bertz CT molecular complexity index is 1420. The number of fused-ring (bicyclic) bond motifs is 2. The molecule has 0 saturated carbocycles. The van der Waals surface area contributed by atoms with Crippen LogP contribution in [0.1, 0.15) is 18.3 Å². The average Bonchev–Trinajstić information content (AvgIpc) is 3.18. The van der Waals surface area contributed by atoms with Crippen LogP contribution >= 0.6 is 0 Å². The van der Waals surface area contributed by atoms with E-state index < -0.39 is 0 Å². The maximum atomic E-state index is 12.9. The Hall–Kier alpha value is -3.23. The maximum Gasteiger partial charge on any atom is 0.344 e. The van der Waals surface area contributed by atoms with Crippen molar-refractivity contribution in [2.75, 3.05) is 37.7 Å². The molecule has 0 spiro atoms. The van der Waals surface area contributed by atoms with Gasteiger partial charge in [-0.15, -0.1) is 0 Å². The van der Waals surface area contributed by atoms with Crippen molar-refractivity contribution < 1.29 is 9.15 Å². The molecule has 0 aliphatic carbocycles. The molecular formula is C25H27N5O3. The molecule has 5 heterocycles. The number of ether oxygens (including phenoxy) is 1. The number of anilines is 1. The van der Waals surface area contributed by atoms with Crippen LogP contribution in [0, 0.1) is 13.8 Å². The van der Waals surface area contributed by atoms with Gasteiger partial charge in [0.15, 0.2) is 11.4 Å². The van der Waals surface area contributed by atoms with E-state index in [1.54, 1.807) is 0 Å². The van der Waals surface area contributed by atoms with Crippen LogP contribution in [0.4, 0.5) is 5.69 Å². The molecule has 4 aromatic rings. The number of benzene rings is 1. The molecule has 0 amide bonds. The fourth-order valence-corrected chi connectivity index (χ4v) is 5.08. The first-order chi connectivity index (χ1) is 16.0. The highest BCUT2D eigenvalue weighted by Crippen LogP contribution is 2.28. The van der Waals surface area contributed by atoms with Gasteiger partial charge in [-0.25, -0.2) is 9.78 Å². The van der Waals surface area contributed by atoms with Gasteiger partial charge in [0.25, 0.3) is 0 Å². The summed E-state index contributed by atoms with van der Waals surface area (Å²) >= 11 is 0. The van der Waals surface area contributed by atoms with Crippen molar-refractivity contribution in [1.29, 1.82) is 0 Å². The van der Waals surface area contributed by atoms with E-state index in [1.807, 2.05) is 48.8 Å². The fourth-order valence-electron chi connectivity index (χ4n) is 5.08. The van der Waals surface area contributed by atoms with E-state index in [9.17, 15) is 4.79 Å². The number of imidazole rings is 1. The fraction of sp³-hybridized carbons (Fsp3) is 0.400. The highest BCUT2D eigenvalue weighted by Gasteiger charge is 2.33. The number of aryl methyl sites for hydroxylation is 2. The van der Waals surface area contributed by atoms with Gasteiger partial charge in [0.1, 0.15) is 5.69 Å². The maximum absolute atomic E-state index is 12.9. The molecule has 1 atom stereocenters. The Morgan fingerprint density at radius 3 is 2.67 bits per heavy atom. The molecule has 8 nitrogen and oxygen atoms in total. The standard InChI is InChI=1S/C25H27N5O3/c1-15-10-29-12-22(27-24(29)17(3)26-15)23-8-18-4-5-19(9-21(18)25(31)33-23)28-6-7-30(16(2)11-28)20-13-32-14-20/h4-5,8-10,12,16,20H,6-7,11,13-14H2,1-3H3. The normalized spacial score (nSPS) is 20.0. The van der Waals surface area contributed by atoms with Gasteiger partial charge in [-0.3, -0.25) is 9.88 Å². The summed E-state index contributed by atoms with van der Waals surface area (Å²) in [6.45, 7) is 10.7. The topological polar surface area (TPSA) is 76.1 Å². The van der Waals surface area contributed by atoms with Crippen molar-refractivity contribution in [2.45, 2.75) is 32.9 Å². The van der Waals surface area contributed by atoms with Crippen molar-refractivity contribution in [3.8, 4) is 11.5 Å². The minimum absolute atomic E-state index is 0.342. The lowest BCUT2D eigenvalue weighted by atomic mass is 10.1. The van der Waals surface area contributed by atoms with E-state index in [4.69, 9.17) is 9.15 Å². The first-order valence-electron chi connectivity index (χ1n) is 11.5. The van der Waals surface area contributed by atoms with Crippen LogP contribution in [0.25, 0.3) is 27.9 Å². The molecule has 3 aromatic heterocycles. The van der Waals surface area contributed by atoms with Crippen LogP contribution < -0.4 is 10.5 Å². The van der Waals surface area contributed by atoms with Crippen LogP contribution in [-0.2, 0) is 4.74 Å². The van der Waals surface area contributed by atoms with Crippen LogP contribution in [0.3, 0.4) is 0 Å². The number of hydrogen-bond acceptors (Lipinski definition) is 7. The first-order valence-corrected chi connectivity index (χ1v) is 11.5. The molecule has 170 valence electrons. The molecule has 0 N–H and O–H groups in total.